The summed E-state index contributed by atoms with van der Waals surface area (Å²) in [5.41, 5.74) is -0.348. The Morgan fingerprint density at radius 2 is 2.24 bits per heavy atom. The summed E-state index contributed by atoms with van der Waals surface area (Å²) < 4.78 is 18.9. The highest BCUT2D eigenvalue weighted by Crippen LogP contribution is 2.35. The predicted octanol–water partition coefficient (Wildman–Crippen LogP) is 4.12. The number of benzene rings is 1. The molecule has 0 fully saturated rings. The summed E-state index contributed by atoms with van der Waals surface area (Å²) in [6.07, 6.45) is 0. The van der Waals surface area contributed by atoms with Gasteiger partial charge in [0.15, 0.2) is 0 Å². The number of hydrogen-bond acceptors (Lipinski definition) is 5. The van der Waals surface area contributed by atoms with Crippen LogP contribution in [-0.2, 0) is 0 Å². The first-order valence-electron chi connectivity index (χ1n) is 6.03. The molecule has 0 bridgehead atoms. The van der Waals surface area contributed by atoms with Crippen molar-refractivity contribution in [2.24, 2.45) is 0 Å². The van der Waals surface area contributed by atoms with Gasteiger partial charge in [0.2, 0.25) is 11.6 Å². The highest BCUT2D eigenvalue weighted by Gasteiger charge is 2.20. The molecule has 1 heterocycles. The molecular weight excluding hydrogens is 345 g/mol. The maximum absolute atomic E-state index is 13.5. The van der Waals surface area contributed by atoms with E-state index in [1.807, 2.05) is 6.92 Å². The molecular formula is C13H11BrFN3O3. The number of nitro groups is 1. The first-order chi connectivity index (χ1) is 10.0. The number of ether oxygens (including phenoxy) is 1. The summed E-state index contributed by atoms with van der Waals surface area (Å²) in [5.74, 6) is -0.159. The van der Waals surface area contributed by atoms with Crippen LogP contribution < -0.4 is 10.1 Å². The largest absolute Gasteiger partial charge is 0.432 e. The second-order valence-electron chi connectivity index (χ2n) is 3.98. The number of pyridine rings is 1. The van der Waals surface area contributed by atoms with Gasteiger partial charge >= 0.3 is 5.69 Å². The number of aromatic nitrogens is 1. The third-order valence-corrected chi connectivity index (χ3v) is 3.10. The minimum absolute atomic E-state index is 0.00379. The Labute approximate surface area is 128 Å². The summed E-state index contributed by atoms with van der Waals surface area (Å²) in [4.78, 5) is 14.5. The lowest BCUT2D eigenvalue weighted by molar-refractivity contribution is -0.385. The maximum atomic E-state index is 13.5. The minimum atomic E-state index is -0.654. The predicted molar refractivity (Wildman–Crippen MR) is 79.2 cm³/mol. The zero-order chi connectivity index (χ0) is 15.4. The van der Waals surface area contributed by atoms with Crippen molar-refractivity contribution in [2.45, 2.75) is 6.92 Å². The highest BCUT2D eigenvalue weighted by molar-refractivity contribution is 9.10. The maximum Gasteiger partial charge on any atom is 0.312 e. The van der Waals surface area contributed by atoms with Crippen molar-refractivity contribution >= 4 is 27.4 Å². The molecule has 0 aliphatic heterocycles. The molecule has 0 unspecified atom stereocenters. The summed E-state index contributed by atoms with van der Waals surface area (Å²) >= 11 is 2.91. The van der Waals surface area contributed by atoms with E-state index in [4.69, 9.17) is 4.74 Å². The van der Waals surface area contributed by atoms with Crippen molar-refractivity contribution in [1.29, 1.82) is 0 Å². The van der Waals surface area contributed by atoms with Crippen LogP contribution in [-0.4, -0.2) is 16.5 Å². The van der Waals surface area contributed by atoms with E-state index in [-0.39, 0.29) is 21.8 Å². The van der Waals surface area contributed by atoms with Gasteiger partial charge in [-0.1, -0.05) is 6.07 Å². The quantitative estimate of drug-likeness (QED) is 0.644. The summed E-state index contributed by atoms with van der Waals surface area (Å²) in [7, 11) is 0. The second-order valence-corrected chi connectivity index (χ2v) is 4.84. The fraction of sp³-hybridized carbons (Fsp3) is 0.154. The molecule has 6 nitrogen and oxygen atoms in total. The fourth-order valence-corrected chi connectivity index (χ4v) is 1.94. The Kier molecular flexibility index (Phi) is 4.69. The Hall–Kier alpha value is -2.22. The first-order valence-corrected chi connectivity index (χ1v) is 6.82. The van der Waals surface area contributed by atoms with Crippen molar-refractivity contribution in [3.63, 3.8) is 0 Å². The lowest BCUT2D eigenvalue weighted by Crippen LogP contribution is -2.00. The van der Waals surface area contributed by atoms with Crippen molar-refractivity contribution in [2.75, 3.05) is 11.9 Å². The van der Waals surface area contributed by atoms with E-state index in [1.165, 1.54) is 6.07 Å². The smallest absolute Gasteiger partial charge is 0.312 e. The van der Waals surface area contributed by atoms with Gasteiger partial charge in [-0.15, -0.1) is 0 Å². The Morgan fingerprint density at radius 3 is 2.90 bits per heavy atom. The van der Waals surface area contributed by atoms with Gasteiger partial charge in [0.25, 0.3) is 0 Å². The third kappa shape index (κ3) is 3.66. The van der Waals surface area contributed by atoms with Gasteiger partial charge in [0.1, 0.15) is 11.6 Å². The van der Waals surface area contributed by atoms with Crippen LogP contribution in [0.5, 0.6) is 11.6 Å². The van der Waals surface area contributed by atoms with Crippen LogP contribution in [0.2, 0.25) is 0 Å². The van der Waals surface area contributed by atoms with E-state index in [0.717, 1.165) is 12.1 Å². The van der Waals surface area contributed by atoms with Gasteiger partial charge in [0, 0.05) is 24.7 Å². The average molecular weight is 356 g/mol. The van der Waals surface area contributed by atoms with Gasteiger partial charge in [-0.2, -0.15) is 4.98 Å². The number of anilines is 1. The molecule has 1 aromatic carbocycles. The second kappa shape index (κ2) is 6.49. The summed E-state index contributed by atoms with van der Waals surface area (Å²) in [5, 5.41) is 14.0. The van der Waals surface area contributed by atoms with Crippen molar-refractivity contribution < 1.29 is 14.1 Å². The van der Waals surface area contributed by atoms with Gasteiger partial charge in [0.05, 0.1) is 9.40 Å². The summed E-state index contributed by atoms with van der Waals surface area (Å²) in [6.45, 7) is 2.58. The van der Waals surface area contributed by atoms with Crippen LogP contribution >= 0.6 is 15.9 Å². The van der Waals surface area contributed by atoms with Gasteiger partial charge in [-0.25, -0.2) is 4.39 Å². The van der Waals surface area contributed by atoms with Crippen LogP contribution in [0.3, 0.4) is 0 Å². The highest BCUT2D eigenvalue weighted by atomic mass is 79.9. The van der Waals surface area contributed by atoms with Gasteiger partial charge in [-0.3, -0.25) is 10.1 Å². The number of nitrogens with zero attached hydrogens (tertiary/aromatic N) is 2. The number of halogens is 2. The molecule has 0 radical (unpaired) electrons. The first kappa shape index (κ1) is 15.2. The lowest BCUT2D eigenvalue weighted by atomic mass is 10.3. The third-order valence-electron chi connectivity index (χ3n) is 2.49. The molecule has 2 rings (SSSR count). The molecule has 0 amide bonds. The van der Waals surface area contributed by atoms with Crippen LogP contribution in [0, 0.1) is 15.9 Å². The van der Waals surface area contributed by atoms with Crippen molar-refractivity contribution in [3.05, 3.63) is 50.7 Å². The SMILES string of the molecule is CCNc1cccc(Oc2cc(F)c(Br)cc2[N+](=O)[O-])n1. The molecule has 110 valence electrons. The molecule has 0 saturated carbocycles. The Bertz CT molecular complexity index is 682. The molecule has 1 aromatic heterocycles. The number of hydrogen-bond donors (Lipinski definition) is 1. The molecule has 8 heteroatoms. The standard InChI is InChI=1S/C13H11BrFN3O3/c1-2-16-12-4-3-5-13(17-12)21-11-7-9(15)8(14)6-10(11)18(19)20/h3-7H,2H2,1H3,(H,16,17). The Morgan fingerprint density at radius 1 is 1.48 bits per heavy atom. The average Bonchev–Trinajstić information content (AvgIpc) is 2.43. The lowest BCUT2D eigenvalue weighted by Gasteiger charge is -2.08. The van der Waals surface area contributed by atoms with Crippen LogP contribution in [0.25, 0.3) is 0 Å². The monoisotopic (exact) mass is 355 g/mol. The van der Waals surface area contributed by atoms with E-state index < -0.39 is 10.7 Å². The molecule has 0 saturated heterocycles. The van der Waals surface area contributed by atoms with E-state index in [0.29, 0.717) is 12.4 Å². The summed E-state index contributed by atoms with van der Waals surface area (Å²) in [6, 6.07) is 6.95. The van der Waals surface area contributed by atoms with Crippen LogP contribution in [0.1, 0.15) is 6.92 Å². The molecule has 0 aliphatic rings. The zero-order valence-corrected chi connectivity index (χ0v) is 12.6. The molecule has 0 aliphatic carbocycles. The minimum Gasteiger partial charge on any atom is -0.432 e. The van der Waals surface area contributed by atoms with E-state index >= 15 is 0 Å². The number of nitro benzene ring substituents is 1. The zero-order valence-electron chi connectivity index (χ0n) is 11.0. The number of rotatable bonds is 5. The van der Waals surface area contributed by atoms with Gasteiger partial charge in [-0.05, 0) is 28.9 Å². The van der Waals surface area contributed by atoms with Crippen molar-refractivity contribution in [3.8, 4) is 11.6 Å². The number of nitrogens with one attached hydrogen (secondary N) is 1. The fourth-order valence-electron chi connectivity index (χ4n) is 1.61. The molecule has 0 atom stereocenters. The topological polar surface area (TPSA) is 77.3 Å². The van der Waals surface area contributed by atoms with E-state index in [1.54, 1.807) is 12.1 Å². The van der Waals surface area contributed by atoms with E-state index in [9.17, 15) is 14.5 Å². The molecule has 2 aromatic rings. The van der Waals surface area contributed by atoms with Gasteiger partial charge < -0.3 is 10.1 Å². The van der Waals surface area contributed by atoms with Crippen LogP contribution in [0.15, 0.2) is 34.8 Å². The molecule has 0 spiro atoms. The van der Waals surface area contributed by atoms with Crippen LogP contribution in [0.4, 0.5) is 15.9 Å². The Balaban J connectivity index is 2.36. The normalized spacial score (nSPS) is 10.2. The molecule has 1 N–H and O–H groups in total. The van der Waals surface area contributed by atoms with E-state index in [2.05, 4.69) is 26.2 Å². The van der Waals surface area contributed by atoms with Crippen molar-refractivity contribution in [1.82, 2.24) is 4.98 Å². The molecule has 21 heavy (non-hydrogen) atoms.